The molecule has 2 aromatic heterocycles. The summed E-state index contributed by atoms with van der Waals surface area (Å²) in [5.41, 5.74) is 0.401. The number of nitrogens with one attached hydrogen (secondary N) is 1. The number of benzene rings is 1. The highest BCUT2D eigenvalue weighted by Gasteiger charge is 2.16. The molecule has 0 atom stereocenters. The van der Waals surface area contributed by atoms with Crippen LogP contribution in [0.2, 0.25) is 0 Å². The molecule has 8 heteroatoms. The van der Waals surface area contributed by atoms with Gasteiger partial charge in [-0.3, -0.25) is 9.59 Å². The van der Waals surface area contributed by atoms with Crippen LogP contribution in [0.3, 0.4) is 0 Å². The van der Waals surface area contributed by atoms with E-state index in [1.54, 1.807) is 31.4 Å². The van der Waals surface area contributed by atoms with Crippen LogP contribution in [-0.4, -0.2) is 32.8 Å². The Labute approximate surface area is 149 Å². The molecular weight excluding hydrogens is 334 g/mol. The molecule has 1 amide bonds. The number of ether oxygens (including phenoxy) is 1. The topological polar surface area (TPSA) is 99.0 Å². The highest BCUT2D eigenvalue weighted by molar-refractivity contribution is 5.90. The Kier molecular flexibility index (Phi) is 4.92. The highest BCUT2D eigenvalue weighted by Crippen LogP contribution is 2.25. The van der Waals surface area contributed by atoms with Gasteiger partial charge in [-0.05, 0) is 30.2 Å². The number of aromatic nitrogens is 4. The van der Waals surface area contributed by atoms with E-state index >= 15 is 0 Å². The summed E-state index contributed by atoms with van der Waals surface area (Å²) in [5, 5.41) is 8.27. The van der Waals surface area contributed by atoms with E-state index < -0.39 is 0 Å². The molecule has 26 heavy (non-hydrogen) atoms. The van der Waals surface area contributed by atoms with E-state index in [9.17, 15) is 9.59 Å². The molecule has 8 nitrogen and oxygen atoms in total. The first-order valence-corrected chi connectivity index (χ1v) is 8.14. The van der Waals surface area contributed by atoms with E-state index in [1.165, 1.54) is 17.2 Å². The number of rotatable bonds is 5. The lowest BCUT2D eigenvalue weighted by Crippen LogP contribution is -2.31. The molecule has 1 N–H and O–H groups in total. The van der Waals surface area contributed by atoms with Gasteiger partial charge in [0.15, 0.2) is 0 Å². The monoisotopic (exact) mass is 353 g/mol. The van der Waals surface area contributed by atoms with E-state index in [-0.39, 0.29) is 23.9 Å². The van der Waals surface area contributed by atoms with Crippen molar-refractivity contribution >= 4 is 22.5 Å². The number of methoxy groups -OCH3 is 1. The number of anilines is 1. The van der Waals surface area contributed by atoms with Crippen molar-refractivity contribution in [1.29, 1.82) is 0 Å². The van der Waals surface area contributed by atoms with Crippen LogP contribution in [-0.2, 0) is 11.3 Å². The van der Waals surface area contributed by atoms with Gasteiger partial charge >= 0.3 is 0 Å². The zero-order chi connectivity index (χ0) is 18.7. The van der Waals surface area contributed by atoms with Crippen molar-refractivity contribution in [2.75, 3.05) is 12.4 Å². The van der Waals surface area contributed by atoms with E-state index in [0.29, 0.717) is 17.0 Å². The number of hydrogen-bond donors (Lipinski definition) is 1. The lowest BCUT2D eigenvalue weighted by Gasteiger charge is -2.14. The Bertz CT molecular complexity index is 999. The minimum Gasteiger partial charge on any atom is -0.497 e. The standard InChI is InChI=1S/C18H19N5O3/c1-11(2)17-14-8-12(26-3)4-5-13(14)18(25)23(22-17)9-16(24)21-15-6-7-19-10-20-15/h4-8,10-11H,9H2,1-3H3,(H,19,20,21,24). The minimum absolute atomic E-state index is 0.0707. The molecule has 0 aliphatic carbocycles. The van der Waals surface area contributed by atoms with Crippen LogP contribution >= 0.6 is 0 Å². The van der Waals surface area contributed by atoms with Gasteiger partial charge in [-0.25, -0.2) is 14.6 Å². The third-order valence-electron chi connectivity index (χ3n) is 3.89. The molecule has 3 rings (SSSR count). The molecule has 0 aliphatic heterocycles. The van der Waals surface area contributed by atoms with Gasteiger partial charge < -0.3 is 10.1 Å². The predicted octanol–water partition coefficient (Wildman–Crippen LogP) is 1.96. The van der Waals surface area contributed by atoms with Gasteiger partial charge in [-0.2, -0.15) is 5.10 Å². The van der Waals surface area contributed by atoms with Crippen LogP contribution in [0.15, 0.2) is 41.6 Å². The summed E-state index contributed by atoms with van der Waals surface area (Å²) in [4.78, 5) is 32.7. The molecule has 3 aromatic rings. The molecule has 0 aliphatic rings. The lowest BCUT2D eigenvalue weighted by molar-refractivity contribution is -0.117. The summed E-state index contributed by atoms with van der Waals surface area (Å²) in [6.45, 7) is 3.76. The second-order valence-corrected chi connectivity index (χ2v) is 6.06. The highest BCUT2D eigenvalue weighted by atomic mass is 16.5. The second kappa shape index (κ2) is 7.30. The summed E-state index contributed by atoms with van der Waals surface area (Å²) in [7, 11) is 1.57. The molecule has 134 valence electrons. The molecule has 0 radical (unpaired) electrons. The van der Waals surface area contributed by atoms with Gasteiger partial charge in [0.25, 0.3) is 5.56 Å². The molecular formula is C18H19N5O3. The zero-order valence-electron chi connectivity index (χ0n) is 14.8. The van der Waals surface area contributed by atoms with Crippen LogP contribution in [0.5, 0.6) is 5.75 Å². The maximum atomic E-state index is 12.7. The lowest BCUT2D eigenvalue weighted by atomic mass is 10.0. The number of carbonyl (C=O) groups excluding carboxylic acids is 1. The van der Waals surface area contributed by atoms with Crippen LogP contribution in [0.25, 0.3) is 10.8 Å². The van der Waals surface area contributed by atoms with E-state index in [2.05, 4.69) is 20.4 Å². The zero-order valence-corrected chi connectivity index (χ0v) is 14.8. The maximum absolute atomic E-state index is 12.7. The minimum atomic E-state index is -0.388. The van der Waals surface area contributed by atoms with Crippen molar-refractivity contribution in [2.45, 2.75) is 26.3 Å². The molecule has 0 saturated heterocycles. The summed E-state index contributed by atoms with van der Waals surface area (Å²) < 4.78 is 6.43. The number of carbonyl (C=O) groups is 1. The van der Waals surface area contributed by atoms with Gasteiger partial charge in [0.05, 0.1) is 18.2 Å². The number of nitrogens with zero attached hydrogens (tertiary/aromatic N) is 4. The Balaban J connectivity index is 1.99. The fourth-order valence-electron chi connectivity index (χ4n) is 2.63. The third kappa shape index (κ3) is 3.53. The van der Waals surface area contributed by atoms with Gasteiger partial charge in [0.1, 0.15) is 24.4 Å². The average molecular weight is 353 g/mol. The van der Waals surface area contributed by atoms with E-state index in [1.807, 2.05) is 13.8 Å². The summed E-state index contributed by atoms with van der Waals surface area (Å²) in [6.07, 6.45) is 2.85. The first-order valence-electron chi connectivity index (χ1n) is 8.14. The summed E-state index contributed by atoms with van der Waals surface area (Å²) in [5.74, 6) is 0.703. The third-order valence-corrected chi connectivity index (χ3v) is 3.89. The maximum Gasteiger partial charge on any atom is 0.275 e. The quantitative estimate of drug-likeness (QED) is 0.753. The molecule has 0 saturated carbocycles. The first kappa shape index (κ1) is 17.5. The fourth-order valence-corrected chi connectivity index (χ4v) is 2.63. The molecule has 2 heterocycles. The number of amides is 1. The van der Waals surface area contributed by atoms with Crippen molar-refractivity contribution in [3.05, 3.63) is 52.8 Å². The van der Waals surface area contributed by atoms with Crippen molar-refractivity contribution in [2.24, 2.45) is 0 Å². The smallest absolute Gasteiger partial charge is 0.275 e. The van der Waals surface area contributed by atoms with E-state index in [0.717, 1.165) is 11.1 Å². The Morgan fingerprint density at radius 2 is 2.08 bits per heavy atom. The Morgan fingerprint density at radius 1 is 1.27 bits per heavy atom. The molecule has 0 bridgehead atoms. The van der Waals surface area contributed by atoms with Crippen molar-refractivity contribution in [3.63, 3.8) is 0 Å². The fraction of sp³-hybridized carbons (Fsp3) is 0.278. The van der Waals surface area contributed by atoms with Gasteiger partial charge in [-0.15, -0.1) is 0 Å². The number of fused-ring (bicyclic) bond motifs is 1. The van der Waals surface area contributed by atoms with Gasteiger partial charge in [-0.1, -0.05) is 13.8 Å². The SMILES string of the molecule is COc1ccc2c(=O)n(CC(=O)Nc3ccncn3)nc(C(C)C)c2c1. The van der Waals surface area contributed by atoms with Crippen LogP contribution in [0.1, 0.15) is 25.5 Å². The molecule has 0 unspecified atom stereocenters. The van der Waals surface area contributed by atoms with Crippen LogP contribution < -0.4 is 15.6 Å². The first-order chi connectivity index (χ1) is 12.5. The summed E-state index contributed by atoms with van der Waals surface area (Å²) in [6, 6.07) is 6.78. The normalized spacial score (nSPS) is 10.9. The average Bonchev–Trinajstić information content (AvgIpc) is 2.64. The van der Waals surface area contributed by atoms with Crippen molar-refractivity contribution in [3.8, 4) is 5.75 Å². The van der Waals surface area contributed by atoms with Gasteiger partial charge in [0, 0.05) is 11.6 Å². The predicted molar refractivity (Wildman–Crippen MR) is 97.3 cm³/mol. The van der Waals surface area contributed by atoms with Crippen molar-refractivity contribution < 1.29 is 9.53 Å². The second-order valence-electron chi connectivity index (χ2n) is 6.06. The van der Waals surface area contributed by atoms with Crippen LogP contribution in [0.4, 0.5) is 5.82 Å². The van der Waals surface area contributed by atoms with Crippen molar-refractivity contribution in [1.82, 2.24) is 19.7 Å². The molecule has 1 aromatic carbocycles. The summed E-state index contributed by atoms with van der Waals surface area (Å²) >= 11 is 0. The Morgan fingerprint density at radius 3 is 2.73 bits per heavy atom. The molecule has 0 spiro atoms. The number of hydrogen-bond acceptors (Lipinski definition) is 6. The Hall–Kier alpha value is -3.29. The van der Waals surface area contributed by atoms with Crippen LogP contribution in [0, 0.1) is 0 Å². The molecule has 0 fully saturated rings. The van der Waals surface area contributed by atoms with Gasteiger partial charge in [0.2, 0.25) is 5.91 Å². The largest absolute Gasteiger partial charge is 0.497 e. The van der Waals surface area contributed by atoms with E-state index in [4.69, 9.17) is 4.74 Å².